The van der Waals surface area contributed by atoms with Gasteiger partial charge in [0.15, 0.2) is 0 Å². The summed E-state index contributed by atoms with van der Waals surface area (Å²) in [7, 11) is 1.77. The molecule has 0 aliphatic heterocycles. The molecule has 1 rings (SSSR count). The highest BCUT2D eigenvalue weighted by Gasteiger charge is 1.86. The first kappa shape index (κ1) is 7.79. The predicted molar refractivity (Wildman–Crippen MR) is 47.0 cm³/mol. The minimum Gasteiger partial charge on any atom is -0.309 e. The van der Waals surface area contributed by atoms with Crippen LogP contribution in [0.1, 0.15) is 5.56 Å². The standard InChI is InChI=1S/C9H12N2/c1-4-11-7-8(2)5-6-9(11)10-3/h4-7H,1H2,2-3H3. The summed E-state index contributed by atoms with van der Waals surface area (Å²) in [4.78, 5) is 4.07. The van der Waals surface area contributed by atoms with Crippen molar-refractivity contribution >= 4 is 6.20 Å². The highest BCUT2D eigenvalue weighted by molar-refractivity contribution is 5.20. The number of aromatic nitrogens is 1. The Balaban J connectivity index is 3.40. The summed E-state index contributed by atoms with van der Waals surface area (Å²) in [6.45, 7) is 5.72. The molecule has 0 N–H and O–H groups in total. The monoisotopic (exact) mass is 148 g/mol. The summed E-state index contributed by atoms with van der Waals surface area (Å²) in [5, 5.41) is 0. The maximum Gasteiger partial charge on any atom is 0.131 e. The SMILES string of the molecule is C=Cn1cc(C)ccc1=NC. The summed E-state index contributed by atoms with van der Waals surface area (Å²) in [5.74, 6) is 0. The second kappa shape index (κ2) is 3.19. The van der Waals surface area contributed by atoms with E-state index in [0.29, 0.717) is 0 Å². The zero-order valence-corrected chi connectivity index (χ0v) is 6.91. The van der Waals surface area contributed by atoms with Crippen LogP contribution < -0.4 is 5.49 Å². The van der Waals surface area contributed by atoms with Crippen molar-refractivity contribution < 1.29 is 0 Å². The predicted octanol–water partition coefficient (Wildman–Crippen LogP) is 1.43. The Kier molecular flexibility index (Phi) is 2.26. The van der Waals surface area contributed by atoms with Gasteiger partial charge in [-0.15, -0.1) is 0 Å². The lowest BCUT2D eigenvalue weighted by atomic mass is 10.3. The molecular formula is C9H12N2. The van der Waals surface area contributed by atoms with Gasteiger partial charge in [-0.1, -0.05) is 12.6 Å². The molecular weight excluding hydrogens is 136 g/mol. The topological polar surface area (TPSA) is 17.3 Å². The Morgan fingerprint density at radius 1 is 1.55 bits per heavy atom. The molecule has 0 saturated carbocycles. The van der Waals surface area contributed by atoms with E-state index in [1.165, 1.54) is 5.56 Å². The number of hydrogen-bond acceptors (Lipinski definition) is 1. The molecule has 1 aromatic heterocycles. The van der Waals surface area contributed by atoms with Crippen molar-refractivity contribution in [3.63, 3.8) is 0 Å². The zero-order chi connectivity index (χ0) is 8.27. The molecule has 0 aliphatic rings. The normalized spacial score (nSPS) is 11.6. The van der Waals surface area contributed by atoms with E-state index in [-0.39, 0.29) is 0 Å². The van der Waals surface area contributed by atoms with Crippen molar-refractivity contribution in [2.24, 2.45) is 4.99 Å². The van der Waals surface area contributed by atoms with Crippen LogP contribution in [0.5, 0.6) is 0 Å². The lowest BCUT2D eigenvalue weighted by Crippen LogP contribution is -2.14. The van der Waals surface area contributed by atoms with Crippen molar-refractivity contribution in [2.75, 3.05) is 7.05 Å². The molecule has 0 aliphatic carbocycles. The molecule has 2 nitrogen and oxygen atoms in total. The van der Waals surface area contributed by atoms with Crippen molar-refractivity contribution in [1.29, 1.82) is 0 Å². The van der Waals surface area contributed by atoms with Gasteiger partial charge < -0.3 is 4.57 Å². The lowest BCUT2D eigenvalue weighted by Gasteiger charge is -2.00. The van der Waals surface area contributed by atoms with E-state index in [1.54, 1.807) is 13.2 Å². The quantitative estimate of drug-likeness (QED) is 0.573. The first-order valence-corrected chi connectivity index (χ1v) is 3.52. The number of nitrogens with zero attached hydrogens (tertiary/aromatic N) is 2. The van der Waals surface area contributed by atoms with Crippen LogP contribution in [-0.2, 0) is 0 Å². The second-order valence-corrected chi connectivity index (χ2v) is 2.38. The Morgan fingerprint density at radius 2 is 2.27 bits per heavy atom. The molecule has 0 bridgehead atoms. The van der Waals surface area contributed by atoms with Crippen LogP contribution in [-0.4, -0.2) is 11.6 Å². The van der Waals surface area contributed by atoms with Gasteiger partial charge in [-0.2, -0.15) is 0 Å². The fourth-order valence-electron chi connectivity index (χ4n) is 0.957. The number of hydrogen-bond donors (Lipinski definition) is 0. The van der Waals surface area contributed by atoms with Gasteiger partial charge in [0.25, 0.3) is 0 Å². The Bertz CT molecular complexity index is 321. The summed E-state index contributed by atoms with van der Waals surface area (Å²) < 4.78 is 1.90. The Hall–Kier alpha value is -1.31. The molecule has 0 spiro atoms. The largest absolute Gasteiger partial charge is 0.309 e. The molecule has 0 fully saturated rings. The van der Waals surface area contributed by atoms with E-state index in [1.807, 2.05) is 29.8 Å². The fraction of sp³-hybridized carbons (Fsp3) is 0.222. The van der Waals surface area contributed by atoms with Crippen molar-refractivity contribution in [2.45, 2.75) is 6.92 Å². The van der Waals surface area contributed by atoms with E-state index in [4.69, 9.17) is 0 Å². The molecule has 58 valence electrons. The minimum absolute atomic E-state index is 0.922. The smallest absolute Gasteiger partial charge is 0.131 e. The first-order valence-electron chi connectivity index (χ1n) is 3.52. The third-order valence-corrected chi connectivity index (χ3v) is 1.53. The Morgan fingerprint density at radius 3 is 2.82 bits per heavy atom. The van der Waals surface area contributed by atoms with Crippen molar-refractivity contribution in [3.05, 3.63) is 36.0 Å². The van der Waals surface area contributed by atoms with Gasteiger partial charge in [-0.25, -0.2) is 0 Å². The minimum atomic E-state index is 0.922. The molecule has 11 heavy (non-hydrogen) atoms. The van der Waals surface area contributed by atoms with Crippen LogP contribution in [0.25, 0.3) is 6.20 Å². The highest BCUT2D eigenvalue weighted by atomic mass is 15.0. The third kappa shape index (κ3) is 1.58. The van der Waals surface area contributed by atoms with E-state index in [2.05, 4.69) is 11.6 Å². The maximum absolute atomic E-state index is 4.07. The molecule has 2 heteroatoms. The van der Waals surface area contributed by atoms with Crippen LogP contribution in [0.15, 0.2) is 29.9 Å². The average molecular weight is 148 g/mol. The van der Waals surface area contributed by atoms with Crippen LogP contribution in [0.3, 0.4) is 0 Å². The summed E-state index contributed by atoms with van der Waals surface area (Å²) in [5.41, 5.74) is 2.13. The fourth-order valence-corrected chi connectivity index (χ4v) is 0.957. The van der Waals surface area contributed by atoms with Gasteiger partial charge in [-0.3, -0.25) is 4.99 Å². The molecule has 0 aromatic carbocycles. The lowest BCUT2D eigenvalue weighted by molar-refractivity contribution is 0.980. The van der Waals surface area contributed by atoms with Gasteiger partial charge in [0, 0.05) is 19.4 Å². The third-order valence-electron chi connectivity index (χ3n) is 1.53. The first-order chi connectivity index (χ1) is 5.27. The molecule has 0 amide bonds. The van der Waals surface area contributed by atoms with Crippen LogP contribution in [0.2, 0.25) is 0 Å². The second-order valence-electron chi connectivity index (χ2n) is 2.38. The van der Waals surface area contributed by atoms with E-state index < -0.39 is 0 Å². The summed E-state index contributed by atoms with van der Waals surface area (Å²) in [6, 6.07) is 4.00. The number of aryl methyl sites for hydroxylation is 1. The Labute approximate surface area is 66.5 Å². The number of pyridine rings is 1. The van der Waals surface area contributed by atoms with Gasteiger partial charge in [0.2, 0.25) is 0 Å². The molecule has 0 atom stereocenters. The van der Waals surface area contributed by atoms with Crippen molar-refractivity contribution in [3.8, 4) is 0 Å². The highest BCUT2D eigenvalue weighted by Crippen LogP contribution is 1.91. The van der Waals surface area contributed by atoms with E-state index in [0.717, 1.165) is 5.49 Å². The molecule has 0 saturated heterocycles. The number of rotatable bonds is 1. The maximum atomic E-state index is 4.07. The van der Waals surface area contributed by atoms with Crippen molar-refractivity contribution in [1.82, 2.24) is 4.57 Å². The van der Waals surface area contributed by atoms with E-state index in [9.17, 15) is 0 Å². The molecule has 1 heterocycles. The zero-order valence-electron chi connectivity index (χ0n) is 6.91. The molecule has 1 aromatic rings. The summed E-state index contributed by atoms with van der Waals surface area (Å²) in [6.07, 6.45) is 3.74. The van der Waals surface area contributed by atoms with Crippen LogP contribution >= 0.6 is 0 Å². The van der Waals surface area contributed by atoms with Crippen LogP contribution in [0, 0.1) is 6.92 Å². The van der Waals surface area contributed by atoms with Gasteiger partial charge in [0.05, 0.1) is 0 Å². The molecule has 0 unspecified atom stereocenters. The van der Waals surface area contributed by atoms with Gasteiger partial charge in [0.1, 0.15) is 5.49 Å². The van der Waals surface area contributed by atoms with Gasteiger partial charge in [-0.05, 0) is 18.6 Å². The van der Waals surface area contributed by atoms with E-state index >= 15 is 0 Å². The molecule has 0 radical (unpaired) electrons. The average Bonchev–Trinajstić information content (AvgIpc) is 2.04. The summed E-state index contributed by atoms with van der Waals surface area (Å²) >= 11 is 0. The van der Waals surface area contributed by atoms with Crippen LogP contribution in [0.4, 0.5) is 0 Å². The van der Waals surface area contributed by atoms with Gasteiger partial charge >= 0.3 is 0 Å².